The lowest BCUT2D eigenvalue weighted by molar-refractivity contribution is 0.377. The number of hydrogen-bond acceptors (Lipinski definition) is 4. The third kappa shape index (κ3) is 2.81. The van der Waals surface area contributed by atoms with Crippen LogP contribution in [0, 0.1) is 5.92 Å². The zero-order valence-electron chi connectivity index (χ0n) is 8.86. The molecule has 1 aliphatic rings. The van der Waals surface area contributed by atoms with E-state index in [4.69, 9.17) is 11.6 Å². The Hall–Kier alpha value is -0.840. The Morgan fingerprint density at radius 3 is 3.07 bits per heavy atom. The van der Waals surface area contributed by atoms with E-state index in [0.29, 0.717) is 11.3 Å². The summed E-state index contributed by atoms with van der Waals surface area (Å²) < 4.78 is 1.64. The van der Waals surface area contributed by atoms with Gasteiger partial charge in [-0.15, -0.1) is 11.6 Å². The van der Waals surface area contributed by atoms with Crippen LogP contribution in [-0.2, 0) is 7.05 Å². The summed E-state index contributed by atoms with van der Waals surface area (Å²) in [5, 5.41) is 14.8. The first-order chi connectivity index (χ1) is 7.25. The lowest BCUT2D eigenvalue weighted by atomic mass is 9.89. The molecule has 6 heteroatoms. The Bertz CT molecular complexity index is 313. The normalized spacial score (nSPS) is 26.5. The first kappa shape index (κ1) is 10.7. The van der Waals surface area contributed by atoms with Gasteiger partial charge in [0.2, 0.25) is 5.95 Å². The van der Waals surface area contributed by atoms with Crippen molar-refractivity contribution in [3.63, 3.8) is 0 Å². The largest absolute Gasteiger partial charge is 0.353 e. The quantitative estimate of drug-likeness (QED) is 0.797. The predicted octanol–water partition coefficient (Wildman–Crippen LogP) is 1.42. The molecule has 0 bridgehead atoms. The molecule has 5 nitrogen and oxygen atoms in total. The molecule has 84 valence electrons. The van der Waals surface area contributed by atoms with Crippen LogP contribution in [0.1, 0.15) is 25.7 Å². The van der Waals surface area contributed by atoms with Gasteiger partial charge in [0.1, 0.15) is 0 Å². The van der Waals surface area contributed by atoms with Crippen molar-refractivity contribution < 1.29 is 0 Å². The highest BCUT2D eigenvalue weighted by molar-refractivity contribution is 6.20. The molecule has 2 rings (SSSR count). The van der Waals surface area contributed by atoms with Crippen LogP contribution in [0.2, 0.25) is 0 Å². The van der Waals surface area contributed by atoms with Crippen molar-refractivity contribution in [2.75, 3.05) is 11.9 Å². The van der Waals surface area contributed by atoms with Crippen molar-refractivity contribution in [3.05, 3.63) is 0 Å². The topological polar surface area (TPSA) is 55.6 Å². The molecule has 1 aromatic heterocycles. The molecule has 2 unspecified atom stereocenters. The van der Waals surface area contributed by atoms with Crippen molar-refractivity contribution in [3.8, 4) is 0 Å². The standard InChI is InChI=1S/C9H16ClN5/c1-15-9(12-13-14-15)11-6-7-3-2-4-8(10)5-7/h7-8H,2-6H2,1H3,(H,11,12,14). The fourth-order valence-corrected chi connectivity index (χ4v) is 2.43. The summed E-state index contributed by atoms with van der Waals surface area (Å²) in [5.74, 6) is 1.38. The zero-order valence-corrected chi connectivity index (χ0v) is 9.61. The molecular formula is C9H16ClN5. The molecule has 0 radical (unpaired) electrons. The number of nitrogens with one attached hydrogen (secondary N) is 1. The Labute approximate surface area is 94.2 Å². The first-order valence-corrected chi connectivity index (χ1v) is 5.79. The fraction of sp³-hybridized carbons (Fsp3) is 0.889. The number of halogens is 1. The minimum absolute atomic E-state index is 0.350. The highest BCUT2D eigenvalue weighted by atomic mass is 35.5. The molecule has 0 saturated heterocycles. The molecule has 0 amide bonds. The molecule has 0 aliphatic heterocycles. The number of alkyl halides is 1. The summed E-state index contributed by atoms with van der Waals surface area (Å²) >= 11 is 6.13. The third-order valence-electron chi connectivity index (χ3n) is 2.89. The SMILES string of the molecule is Cn1nnnc1NCC1CCCC(Cl)C1. The maximum atomic E-state index is 6.13. The number of aromatic nitrogens is 4. The van der Waals surface area contributed by atoms with Gasteiger partial charge >= 0.3 is 0 Å². The van der Waals surface area contributed by atoms with Crippen molar-refractivity contribution in [2.45, 2.75) is 31.1 Å². The van der Waals surface area contributed by atoms with Crippen LogP contribution >= 0.6 is 11.6 Å². The van der Waals surface area contributed by atoms with Crippen molar-refractivity contribution >= 4 is 17.5 Å². The number of aryl methyl sites for hydroxylation is 1. The van der Waals surface area contributed by atoms with E-state index >= 15 is 0 Å². The van der Waals surface area contributed by atoms with Gasteiger partial charge in [0.15, 0.2) is 0 Å². The Morgan fingerprint density at radius 2 is 2.40 bits per heavy atom. The third-order valence-corrected chi connectivity index (χ3v) is 3.28. The average molecular weight is 230 g/mol. The second kappa shape index (κ2) is 4.79. The first-order valence-electron chi connectivity index (χ1n) is 5.36. The van der Waals surface area contributed by atoms with E-state index < -0.39 is 0 Å². The van der Waals surface area contributed by atoms with Crippen LogP contribution in [0.15, 0.2) is 0 Å². The molecular weight excluding hydrogens is 214 g/mol. The molecule has 1 aliphatic carbocycles. The van der Waals surface area contributed by atoms with Crippen molar-refractivity contribution in [1.82, 2.24) is 20.2 Å². The van der Waals surface area contributed by atoms with Crippen molar-refractivity contribution in [2.24, 2.45) is 13.0 Å². The average Bonchev–Trinajstić information content (AvgIpc) is 2.61. The van der Waals surface area contributed by atoms with Gasteiger partial charge in [-0.25, -0.2) is 4.68 Å². The van der Waals surface area contributed by atoms with Crippen molar-refractivity contribution in [1.29, 1.82) is 0 Å². The molecule has 15 heavy (non-hydrogen) atoms. The second-order valence-electron chi connectivity index (χ2n) is 4.14. The van der Waals surface area contributed by atoms with Crippen LogP contribution in [-0.4, -0.2) is 32.1 Å². The van der Waals surface area contributed by atoms with E-state index in [9.17, 15) is 0 Å². The van der Waals surface area contributed by atoms with Crippen LogP contribution in [0.25, 0.3) is 0 Å². The van der Waals surface area contributed by atoms with E-state index in [0.717, 1.165) is 25.3 Å². The van der Waals surface area contributed by atoms with Gasteiger partial charge in [0.25, 0.3) is 0 Å². The Morgan fingerprint density at radius 1 is 1.53 bits per heavy atom. The maximum absolute atomic E-state index is 6.13. The van der Waals surface area contributed by atoms with E-state index in [1.165, 1.54) is 12.8 Å². The van der Waals surface area contributed by atoms with Crippen LogP contribution in [0.5, 0.6) is 0 Å². The number of hydrogen-bond donors (Lipinski definition) is 1. The number of nitrogens with zero attached hydrogens (tertiary/aromatic N) is 4. The lowest BCUT2D eigenvalue weighted by Crippen LogP contribution is -2.23. The molecule has 1 aromatic rings. The minimum Gasteiger partial charge on any atom is -0.353 e. The molecule has 1 saturated carbocycles. The summed E-state index contributed by atoms with van der Waals surface area (Å²) in [4.78, 5) is 0. The van der Waals surface area contributed by atoms with Gasteiger partial charge in [-0.3, -0.25) is 0 Å². The highest BCUT2D eigenvalue weighted by Gasteiger charge is 2.20. The Kier molecular flexibility index (Phi) is 3.41. The van der Waals surface area contributed by atoms with Crippen LogP contribution < -0.4 is 5.32 Å². The summed E-state index contributed by atoms with van der Waals surface area (Å²) in [5.41, 5.74) is 0. The molecule has 1 N–H and O–H groups in total. The monoisotopic (exact) mass is 229 g/mol. The Balaban J connectivity index is 1.80. The van der Waals surface area contributed by atoms with Gasteiger partial charge in [-0.1, -0.05) is 11.5 Å². The molecule has 1 fully saturated rings. The summed E-state index contributed by atoms with van der Waals surface area (Å²) in [7, 11) is 1.83. The van der Waals surface area contributed by atoms with E-state index in [1.54, 1.807) is 4.68 Å². The van der Waals surface area contributed by atoms with E-state index in [1.807, 2.05) is 7.05 Å². The summed E-state index contributed by atoms with van der Waals surface area (Å²) in [6.45, 7) is 0.914. The maximum Gasteiger partial charge on any atom is 0.242 e. The number of anilines is 1. The van der Waals surface area contributed by atoms with Crippen LogP contribution in [0.4, 0.5) is 5.95 Å². The van der Waals surface area contributed by atoms with Gasteiger partial charge < -0.3 is 5.32 Å². The summed E-state index contributed by atoms with van der Waals surface area (Å²) in [6.07, 6.45) is 4.74. The van der Waals surface area contributed by atoms with Gasteiger partial charge in [0, 0.05) is 19.0 Å². The van der Waals surface area contributed by atoms with Gasteiger partial charge in [0.05, 0.1) is 0 Å². The molecule has 1 heterocycles. The van der Waals surface area contributed by atoms with E-state index in [-0.39, 0.29) is 0 Å². The number of rotatable bonds is 3. The van der Waals surface area contributed by atoms with E-state index in [2.05, 4.69) is 20.8 Å². The zero-order chi connectivity index (χ0) is 10.7. The van der Waals surface area contributed by atoms with Gasteiger partial charge in [-0.2, -0.15) is 0 Å². The minimum atomic E-state index is 0.350. The molecule has 0 spiro atoms. The molecule has 0 aromatic carbocycles. The number of tetrazole rings is 1. The molecule has 2 atom stereocenters. The predicted molar refractivity (Wildman–Crippen MR) is 58.9 cm³/mol. The fourth-order valence-electron chi connectivity index (χ4n) is 2.03. The van der Waals surface area contributed by atoms with Crippen LogP contribution in [0.3, 0.4) is 0 Å². The highest BCUT2D eigenvalue weighted by Crippen LogP contribution is 2.27. The summed E-state index contributed by atoms with van der Waals surface area (Å²) in [6, 6.07) is 0. The lowest BCUT2D eigenvalue weighted by Gasteiger charge is -2.25. The second-order valence-corrected chi connectivity index (χ2v) is 4.75. The smallest absolute Gasteiger partial charge is 0.242 e. The van der Waals surface area contributed by atoms with Gasteiger partial charge in [-0.05, 0) is 35.6 Å².